The molecule has 0 saturated carbocycles. The fourth-order valence-electron chi connectivity index (χ4n) is 2.68. The largest absolute Gasteiger partial charge is 0.477 e. The predicted molar refractivity (Wildman–Crippen MR) is 110 cm³/mol. The summed E-state index contributed by atoms with van der Waals surface area (Å²) in [4.78, 5) is 19.0. The Morgan fingerprint density at radius 3 is 2.75 bits per heavy atom. The van der Waals surface area contributed by atoms with E-state index >= 15 is 0 Å². The summed E-state index contributed by atoms with van der Waals surface area (Å²) in [5, 5.41) is 18.6. The van der Waals surface area contributed by atoms with E-state index in [0.717, 1.165) is 27.9 Å². The minimum atomic E-state index is -0.891. The van der Waals surface area contributed by atoms with Crippen LogP contribution in [0.2, 0.25) is 0 Å². The number of pyridine rings is 1. The lowest BCUT2D eigenvalue weighted by atomic mass is 10.1. The summed E-state index contributed by atoms with van der Waals surface area (Å²) in [7, 11) is 0. The third-order valence-electron chi connectivity index (χ3n) is 4.03. The average molecular weight is 390 g/mol. The van der Waals surface area contributed by atoms with Gasteiger partial charge < -0.3 is 15.8 Å². The van der Waals surface area contributed by atoms with Gasteiger partial charge in [0, 0.05) is 23.3 Å². The standard InChI is InChI=1S/C11H11N3.C10H7NO2S/c12-4-3-8-1-2-11-10(5-8)9(6-13)7-14-11;12-10(13)9-5-4-8(14-9)7-3-1-2-6-11-7/h1-2,5,7,14H,3-4,12H2;1-6H,(H,12,13). The zero-order valence-electron chi connectivity index (χ0n) is 14.9. The maximum Gasteiger partial charge on any atom is 0.345 e. The van der Waals surface area contributed by atoms with Crippen molar-refractivity contribution in [3.63, 3.8) is 0 Å². The number of hydrogen-bond acceptors (Lipinski definition) is 5. The molecule has 0 saturated heterocycles. The summed E-state index contributed by atoms with van der Waals surface area (Å²) in [6, 6.07) is 17.1. The monoisotopic (exact) mass is 390 g/mol. The molecular formula is C21H18N4O2S. The molecule has 0 unspecified atom stereocenters. The Bertz CT molecular complexity index is 1130. The number of fused-ring (bicyclic) bond motifs is 1. The van der Waals surface area contributed by atoms with Crippen LogP contribution in [0.15, 0.2) is 60.9 Å². The van der Waals surface area contributed by atoms with Gasteiger partial charge in [-0.2, -0.15) is 5.26 Å². The Morgan fingerprint density at radius 1 is 1.25 bits per heavy atom. The van der Waals surface area contributed by atoms with E-state index < -0.39 is 5.97 Å². The number of nitriles is 1. The minimum absolute atomic E-state index is 0.339. The lowest BCUT2D eigenvalue weighted by Crippen LogP contribution is -2.02. The van der Waals surface area contributed by atoms with Crippen molar-refractivity contribution in [1.29, 1.82) is 5.26 Å². The second-order valence-electron chi connectivity index (χ2n) is 5.92. The number of benzene rings is 1. The van der Waals surface area contributed by atoms with E-state index in [1.165, 1.54) is 16.9 Å². The summed E-state index contributed by atoms with van der Waals surface area (Å²) in [6.45, 7) is 0.637. The van der Waals surface area contributed by atoms with Crippen molar-refractivity contribution in [3.05, 3.63) is 76.9 Å². The molecule has 0 atom stereocenters. The molecule has 7 heteroatoms. The first-order chi connectivity index (χ1) is 13.6. The number of thiophene rings is 1. The molecule has 3 aromatic heterocycles. The molecule has 4 rings (SSSR count). The van der Waals surface area contributed by atoms with Crippen LogP contribution in [0.4, 0.5) is 0 Å². The van der Waals surface area contributed by atoms with Gasteiger partial charge in [-0.25, -0.2) is 4.79 Å². The molecule has 0 amide bonds. The van der Waals surface area contributed by atoms with Gasteiger partial charge in [0.25, 0.3) is 0 Å². The summed E-state index contributed by atoms with van der Waals surface area (Å²) >= 11 is 1.23. The third kappa shape index (κ3) is 4.43. The number of rotatable bonds is 4. The van der Waals surface area contributed by atoms with Crippen LogP contribution in [0.3, 0.4) is 0 Å². The van der Waals surface area contributed by atoms with Gasteiger partial charge in [0.2, 0.25) is 0 Å². The van der Waals surface area contributed by atoms with E-state index in [9.17, 15) is 4.79 Å². The predicted octanol–water partition coefficient (Wildman–Crippen LogP) is 4.05. The fraction of sp³-hybridized carbons (Fsp3) is 0.0952. The van der Waals surface area contributed by atoms with Crippen LogP contribution in [0.1, 0.15) is 20.8 Å². The second kappa shape index (κ2) is 8.95. The van der Waals surface area contributed by atoms with Crippen molar-refractivity contribution in [2.75, 3.05) is 6.54 Å². The van der Waals surface area contributed by atoms with Gasteiger partial charge in [0.1, 0.15) is 10.9 Å². The van der Waals surface area contributed by atoms with E-state index in [1.54, 1.807) is 24.5 Å². The Hall–Kier alpha value is -3.47. The van der Waals surface area contributed by atoms with Gasteiger partial charge in [0.05, 0.1) is 16.1 Å². The zero-order chi connectivity index (χ0) is 19.9. The molecule has 0 bridgehead atoms. The molecule has 4 N–H and O–H groups in total. The number of aromatic amines is 1. The first kappa shape index (κ1) is 19.3. The normalized spacial score (nSPS) is 10.1. The van der Waals surface area contributed by atoms with Crippen molar-refractivity contribution < 1.29 is 9.90 Å². The molecule has 0 aliphatic rings. The van der Waals surface area contributed by atoms with Crippen LogP contribution in [-0.4, -0.2) is 27.6 Å². The van der Waals surface area contributed by atoms with Crippen LogP contribution in [0.25, 0.3) is 21.5 Å². The minimum Gasteiger partial charge on any atom is -0.477 e. The SMILES string of the molecule is N#Cc1c[nH]c2ccc(CCN)cc12.O=C(O)c1ccc(-c2ccccn2)s1. The molecule has 6 nitrogen and oxygen atoms in total. The van der Waals surface area contributed by atoms with Gasteiger partial charge in [-0.05, 0) is 54.9 Å². The van der Waals surface area contributed by atoms with Gasteiger partial charge in [0.15, 0.2) is 0 Å². The Balaban J connectivity index is 0.000000161. The van der Waals surface area contributed by atoms with E-state index in [4.69, 9.17) is 16.1 Å². The molecule has 0 aliphatic carbocycles. The van der Waals surface area contributed by atoms with Crippen molar-refractivity contribution >= 4 is 28.2 Å². The van der Waals surface area contributed by atoms with Gasteiger partial charge in [-0.15, -0.1) is 11.3 Å². The van der Waals surface area contributed by atoms with Gasteiger partial charge >= 0.3 is 5.97 Å². The van der Waals surface area contributed by atoms with Crippen molar-refractivity contribution in [2.45, 2.75) is 6.42 Å². The highest BCUT2D eigenvalue weighted by atomic mass is 32.1. The fourth-order valence-corrected chi connectivity index (χ4v) is 3.50. The van der Waals surface area contributed by atoms with Crippen LogP contribution in [0, 0.1) is 11.3 Å². The summed E-state index contributed by atoms with van der Waals surface area (Å²) in [5.41, 5.74) is 9.16. The molecule has 0 fully saturated rings. The average Bonchev–Trinajstić information content (AvgIpc) is 3.36. The first-order valence-corrected chi connectivity index (χ1v) is 9.38. The topological polar surface area (TPSA) is 116 Å². The molecule has 3 heterocycles. The number of carboxylic acid groups (broad SMARTS) is 1. The van der Waals surface area contributed by atoms with Crippen LogP contribution in [-0.2, 0) is 6.42 Å². The molecule has 28 heavy (non-hydrogen) atoms. The van der Waals surface area contributed by atoms with E-state index in [-0.39, 0.29) is 0 Å². The Morgan fingerprint density at radius 2 is 2.11 bits per heavy atom. The number of H-pyrrole nitrogens is 1. The number of aromatic nitrogens is 2. The van der Waals surface area contributed by atoms with Crippen LogP contribution in [0.5, 0.6) is 0 Å². The molecule has 140 valence electrons. The van der Waals surface area contributed by atoms with E-state index in [0.29, 0.717) is 17.0 Å². The van der Waals surface area contributed by atoms with Crippen LogP contribution >= 0.6 is 11.3 Å². The highest BCUT2D eigenvalue weighted by molar-refractivity contribution is 7.17. The number of carboxylic acids is 1. The highest BCUT2D eigenvalue weighted by Gasteiger charge is 2.08. The molecule has 0 spiro atoms. The maximum absolute atomic E-state index is 10.6. The number of hydrogen-bond donors (Lipinski definition) is 3. The zero-order valence-corrected chi connectivity index (χ0v) is 15.7. The molecular weight excluding hydrogens is 372 g/mol. The molecule has 0 aliphatic heterocycles. The molecule has 4 aromatic rings. The molecule has 1 aromatic carbocycles. The van der Waals surface area contributed by atoms with E-state index in [1.807, 2.05) is 36.4 Å². The first-order valence-electron chi connectivity index (χ1n) is 8.57. The number of aromatic carboxylic acids is 1. The number of nitrogens with one attached hydrogen (secondary N) is 1. The Kier molecular flexibility index (Phi) is 6.17. The summed E-state index contributed by atoms with van der Waals surface area (Å²) < 4.78 is 0. The quantitative estimate of drug-likeness (QED) is 0.486. The van der Waals surface area contributed by atoms with Gasteiger partial charge in [-0.1, -0.05) is 12.1 Å². The highest BCUT2D eigenvalue weighted by Crippen LogP contribution is 2.26. The Labute approximate surface area is 165 Å². The number of nitrogens with zero attached hydrogens (tertiary/aromatic N) is 2. The second-order valence-corrected chi connectivity index (χ2v) is 7.00. The van der Waals surface area contributed by atoms with Crippen molar-refractivity contribution in [2.24, 2.45) is 5.73 Å². The lowest BCUT2D eigenvalue weighted by molar-refractivity contribution is 0.0702. The van der Waals surface area contributed by atoms with Crippen LogP contribution < -0.4 is 5.73 Å². The number of nitrogens with two attached hydrogens (primary N) is 1. The smallest absolute Gasteiger partial charge is 0.345 e. The summed E-state index contributed by atoms with van der Waals surface area (Å²) in [5.74, 6) is -0.891. The number of carbonyl (C=O) groups is 1. The third-order valence-corrected chi connectivity index (χ3v) is 5.13. The maximum atomic E-state index is 10.6. The molecule has 0 radical (unpaired) electrons. The summed E-state index contributed by atoms with van der Waals surface area (Å²) in [6.07, 6.45) is 4.28. The van der Waals surface area contributed by atoms with Gasteiger partial charge in [-0.3, -0.25) is 4.98 Å². The van der Waals surface area contributed by atoms with Crippen molar-refractivity contribution in [1.82, 2.24) is 9.97 Å². The van der Waals surface area contributed by atoms with E-state index in [2.05, 4.69) is 16.0 Å². The lowest BCUT2D eigenvalue weighted by Gasteiger charge is -1.98. The van der Waals surface area contributed by atoms with Crippen molar-refractivity contribution in [3.8, 4) is 16.6 Å².